The third kappa shape index (κ3) is 9.29. The summed E-state index contributed by atoms with van der Waals surface area (Å²) in [6.07, 6.45) is -1.91. The zero-order chi connectivity index (χ0) is 15.8. The van der Waals surface area contributed by atoms with E-state index < -0.39 is 10.1 Å². The molecule has 1 aromatic carbocycles. The minimum absolute atomic E-state index is 0.862. The fourth-order valence-corrected chi connectivity index (χ4v) is 1.07. The predicted molar refractivity (Wildman–Crippen MR) is 79.6 cm³/mol. The van der Waals surface area contributed by atoms with Gasteiger partial charge in [0, 0.05) is 5.69 Å². The van der Waals surface area contributed by atoms with Gasteiger partial charge in [-0.2, -0.15) is 0 Å². The van der Waals surface area contributed by atoms with E-state index in [-0.39, 0.29) is 0 Å². The first-order chi connectivity index (χ1) is 8.55. The van der Waals surface area contributed by atoms with Crippen molar-refractivity contribution in [1.82, 2.24) is 0 Å². The van der Waals surface area contributed by atoms with E-state index in [1.54, 1.807) is 0 Å². The molecule has 7 N–H and O–H groups in total. The summed E-state index contributed by atoms with van der Waals surface area (Å²) in [5, 5.41) is 22.6. The first-order valence-corrected chi connectivity index (χ1v) is 6.21. The lowest BCUT2D eigenvalue weighted by atomic mass is 10.0. The Morgan fingerprint density at radius 2 is 1.26 bits per heavy atom. The summed E-state index contributed by atoms with van der Waals surface area (Å²) in [4.78, 5) is 0. The van der Waals surface area contributed by atoms with Crippen molar-refractivity contribution in [3.63, 3.8) is 0 Å². The average Bonchev–Trinajstić information content (AvgIpc) is 2.28. The maximum absolute atomic E-state index is 8.05. The van der Waals surface area contributed by atoms with E-state index in [0.29, 0.717) is 0 Å². The molecule has 8 heteroatoms. The van der Waals surface area contributed by atoms with Crippen molar-refractivity contribution in [3.05, 3.63) is 28.8 Å². The van der Waals surface area contributed by atoms with Gasteiger partial charge >= 0.3 is 0 Å². The number of nitrogen functional groups attached to an aromatic ring is 1. The Hall–Kier alpha value is -0.270. The van der Waals surface area contributed by atoms with Crippen molar-refractivity contribution in [2.24, 2.45) is 5.90 Å². The van der Waals surface area contributed by atoms with Crippen LogP contribution in [0.5, 0.6) is 0 Å². The summed E-state index contributed by atoms with van der Waals surface area (Å²) in [6.45, 7) is 6.28. The third-order valence-electron chi connectivity index (χ3n) is 2.24. The number of aryl methyl sites for hydroxylation is 2. The van der Waals surface area contributed by atoms with Crippen molar-refractivity contribution in [2.45, 2.75) is 30.9 Å². The molecule has 19 heavy (non-hydrogen) atoms. The van der Waals surface area contributed by atoms with Crippen LogP contribution in [0.4, 0.5) is 5.69 Å². The average molecular weight is 334 g/mol. The molecule has 1 rings (SSSR count). The molecule has 5 nitrogen and oxygen atoms in total. The molecule has 0 unspecified atom stereocenters. The molecule has 0 aromatic heterocycles. The molecule has 1 aromatic rings. The number of aliphatic hydroxyl groups is 2. The van der Waals surface area contributed by atoms with Crippen LogP contribution in [0, 0.1) is 20.8 Å². The highest BCUT2D eigenvalue weighted by Gasteiger charge is 2.28. The number of anilines is 1. The fourth-order valence-electron chi connectivity index (χ4n) is 1.07. The van der Waals surface area contributed by atoms with Gasteiger partial charge < -0.3 is 21.2 Å². The van der Waals surface area contributed by atoms with Crippen LogP contribution in [-0.4, -0.2) is 25.5 Å². The van der Waals surface area contributed by atoms with Crippen LogP contribution < -0.4 is 11.6 Å². The third-order valence-corrected chi connectivity index (χ3v) is 2.83. The Morgan fingerprint density at radius 3 is 1.47 bits per heavy atom. The monoisotopic (exact) mass is 332 g/mol. The molecule has 0 atom stereocenters. The molecule has 0 saturated carbocycles. The van der Waals surface area contributed by atoms with Gasteiger partial charge in [0.05, 0.1) is 0 Å². The number of aliphatic hydroxyl groups excluding tert-OH is 1. The second kappa shape index (κ2) is 9.61. The first kappa shape index (κ1) is 21.0. The zero-order valence-electron chi connectivity index (χ0n) is 10.9. The Bertz CT molecular complexity index is 359. The molecule has 112 valence electrons. The van der Waals surface area contributed by atoms with Gasteiger partial charge in [-0.15, -0.1) is 0 Å². The van der Waals surface area contributed by atoms with E-state index >= 15 is 0 Å². The highest BCUT2D eigenvalue weighted by molar-refractivity contribution is 6.67. The van der Waals surface area contributed by atoms with Crippen molar-refractivity contribution in [3.8, 4) is 0 Å². The lowest BCUT2D eigenvalue weighted by molar-refractivity contribution is -0.0355. The summed E-state index contributed by atoms with van der Waals surface area (Å²) >= 11 is 14.7. The van der Waals surface area contributed by atoms with Crippen molar-refractivity contribution < 1.29 is 15.4 Å². The molecule has 0 bridgehead atoms. The van der Waals surface area contributed by atoms with E-state index in [2.05, 4.69) is 26.7 Å². The van der Waals surface area contributed by atoms with Crippen LogP contribution in [0.1, 0.15) is 16.7 Å². The topological polar surface area (TPSA) is 113 Å². The normalized spacial score (nSPS) is 10.3. The van der Waals surface area contributed by atoms with Crippen molar-refractivity contribution in [2.75, 3.05) is 5.73 Å². The molecule has 0 heterocycles. The maximum atomic E-state index is 8.05. The summed E-state index contributed by atoms with van der Waals surface area (Å²) in [6, 6.07) is 4.00. The fraction of sp³-hybridized carbons (Fsp3) is 0.455. The lowest BCUT2D eigenvalue weighted by Gasteiger charge is -2.10. The molecule has 0 saturated heterocycles. The van der Waals surface area contributed by atoms with Gasteiger partial charge in [-0.05, 0) is 49.6 Å². The highest BCUT2D eigenvalue weighted by atomic mass is 35.6. The van der Waals surface area contributed by atoms with Crippen LogP contribution in [0.25, 0.3) is 0 Å². The Labute approximate surface area is 127 Å². The molecule has 0 amide bonds. The molecular weight excluding hydrogens is 314 g/mol. The number of nitrogens with two attached hydrogens (primary N) is 2. The number of alkyl halides is 3. The van der Waals surface area contributed by atoms with Gasteiger partial charge in [0.1, 0.15) is 0 Å². The minimum Gasteiger partial charge on any atom is -0.399 e. The van der Waals surface area contributed by atoms with Gasteiger partial charge in [0.15, 0.2) is 6.29 Å². The summed E-state index contributed by atoms with van der Waals surface area (Å²) in [5.74, 6) is 3.50. The number of benzene rings is 1. The Kier molecular flexibility index (Phi) is 10.6. The molecular formula is C11H19Cl3N2O3. The molecule has 0 fully saturated rings. The standard InChI is InChI=1S/C9H13N.C2H3Cl3O2.H3NO/c1-6-4-9(10)5-7(2)8(6)3;3-2(4,5)1(6)7;1-2/h4-5H,10H2,1-3H3;1,6-7H;2H,1H2. The van der Waals surface area contributed by atoms with Crippen molar-refractivity contribution in [1.29, 1.82) is 0 Å². The van der Waals surface area contributed by atoms with Crippen LogP contribution in [0.3, 0.4) is 0 Å². The van der Waals surface area contributed by atoms with E-state index in [1.165, 1.54) is 16.7 Å². The molecule has 0 aliphatic heterocycles. The van der Waals surface area contributed by atoms with Crippen LogP contribution in [0.2, 0.25) is 0 Å². The van der Waals surface area contributed by atoms with E-state index in [4.69, 9.17) is 56.0 Å². The quantitative estimate of drug-likeness (QED) is 0.216. The molecule has 0 radical (unpaired) electrons. The molecule has 0 aliphatic rings. The van der Waals surface area contributed by atoms with Gasteiger partial charge in [0.2, 0.25) is 3.79 Å². The van der Waals surface area contributed by atoms with Crippen LogP contribution >= 0.6 is 34.8 Å². The van der Waals surface area contributed by atoms with E-state index in [1.807, 2.05) is 12.1 Å². The zero-order valence-corrected chi connectivity index (χ0v) is 13.1. The highest BCUT2D eigenvalue weighted by Crippen LogP contribution is 2.28. The number of rotatable bonds is 0. The minimum atomic E-state index is -1.97. The van der Waals surface area contributed by atoms with Crippen LogP contribution in [-0.2, 0) is 0 Å². The SMILES string of the molecule is Cc1cc(N)cc(C)c1C.NO.OC(O)C(Cl)(Cl)Cl. The summed E-state index contributed by atoms with van der Waals surface area (Å²) < 4.78 is -1.97. The number of hydrogen-bond donors (Lipinski definition) is 5. The molecule has 0 aliphatic carbocycles. The Morgan fingerprint density at radius 1 is 1.00 bits per heavy atom. The smallest absolute Gasteiger partial charge is 0.240 e. The summed E-state index contributed by atoms with van der Waals surface area (Å²) in [7, 11) is 0. The lowest BCUT2D eigenvalue weighted by Crippen LogP contribution is -2.23. The van der Waals surface area contributed by atoms with Crippen LogP contribution in [0.15, 0.2) is 12.1 Å². The van der Waals surface area contributed by atoms with Gasteiger partial charge in [-0.1, -0.05) is 34.8 Å². The maximum Gasteiger partial charge on any atom is 0.240 e. The van der Waals surface area contributed by atoms with Gasteiger partial charge in [0.25, 0.3) is 0 Å². The Balaban J connectivity index is 0. The largest absolute Gasteiger partial charge is 0.399 e. The first-order valence-electron chi connectivity index (χ1n) is 5.07. The molecule has 0 spiro atoms. The van der Waals surface area contributed by atoms with Crippen molar-refractivity contribution >= 4 is 40.5 Å². The second-order valence-corrected chi connectivity index (χ2v) is 6.06. The number of halogens is 3. The van der Waals surface area contributed by atoms with E-state index in [0.717, 1.165) is 5.69 Å². The van der Waals surface area contributed by atoms with Gasteiger partial charge in [-0.25, -0.2) is 5.90 Å². The predicted octanol–water partition coefficient (Wildman–Crippen LogP) is 2.20. The van der Waals surface area contributed by atoms with Gasteiger partial charge in [-0.3, -0.25) is 0 Å². The number of hydrogen-bond acceptors (Lipinski definition) is 5. The summed E-state index contributed by atoms with van der Waals surface area (Å²) in [5.41, 5.74) is 10.4. The van der Waals surface area contributed by atoms with E-state index in [9.17, 15) is 0 Å². The second-order valence-electron chi connectivity index (χ2n) is 3.69.